The van der Waals surface area contributed by atoms with Crippen LogP contribution in [0.25, 0.3) is 0 Å². The van der Waals surface area contributed by atoms with Crippen LogP contribution in [0.3, 0.4) is 0 Å². The molecular weight excluding hydrogens is 190 g/mol. The van der Waals surface area contributed by atoms with Gasteiger partial charge in [-0.2, -0.15) is 5.26 Å². The Bertz CT molecular complexity index is 411. The smallest absolute Gasteiger partial charge is 0.278 e. The van der Waals surface area contributed by atoms with E-state index in [0.717, 1.165) is 11.4 Å². The quantitative estimate of drug-likeness (QED) is 0.620. The summed E-state index contributed by atoms with van der Waals surface area (Å²) >= 11 is 0. The lowest BCUT2D eigenvalue weighted by atomic mass is 10.2. The number of nitrogens with zero attached hydrogens (tertiary/aromatic N) is 3. The third-order valence-electron chi connectivity index (χ3n) is 2.67. The Hall–Kier alpha value is -1.60. The summed E-state index contributed by atoms with van der Waals surface area (Å²) in [6.45, 7) is 2.99. The molecule has 0 N–H and O–H groups in total. The van der Waals surface area contributed by atoms with Crippen molar-refractivity contribution in [3.05, 3.63) is 23.9 Å². The molecule has 0 amide bonds. The highest BCUT2D eigenvalue weighted by Crippen LogP contribution is 2.20. The molecule has 1 aromatic heterocycles. The number of anilines is 1. The van der Waals surface area contributed by atoms with Crippen LogP contribution >= 0.6 is 0 Å². The summed E-state index contributed by atoms with van der Waals surface area (Å²) in [5, 5.41) is 20.3. The SMILES string of the molecule is Cc1ccc[n+]2c1N(CCC#N)C([O-])C2. The van der Waals surface area contributed by atoms with Crippen molar-refractivity contribution in [2.24, 2.45) is 0 Å². The van der Waals surface area contributed by atoms with Gasteiger partial charge in [0.25, 0.3) is 5.82 Å². The highest BCUT2D eigenvalue weighted by atomic mass is 16.3. The van der Waals surface area contributed by atoms with Crippen molar-refractivity contribution >= 4 is 5.82 Å². The molecule has 1 atom stereocenters. The second kappa shape index (κ2) is 3.87. The third-order valence-corrected chi connectivity index (χ3v) is 2.67. The molecule has 0 bridgehead atoms. The van der Waals surface area contributed by atoms with Crippen LogP contribution in [-0.4, -0.2) is 12.8 Å². The van der Waals surface area contributed by atoms with Crippen LogP contribution in [0.4, 0.5) is 5.82 Å². The Morgan fingerprint density at radius 1 is 1.73 bits per heavy atom. The summed E-state index contributed by atoms with van der Waals surface area (Å²) in [4.78, 5) is 1.78. The van der Waals surface area contributed by atoms with E-state index in [-0.39, 0.29) is 0 Å². The lowest BCUT2D eigenvalue weighted by molar-refractivity contribution is -0.692. The lowest BCUT2D eigenvalue weighted by Crippen LogP contribution is -2.44. The van der Waals surface area contributed by atoms with Crippen LogP contribution in [0.5, 0.6) is 0 Å². The van der Waals surface area contributed by atoms with Gasteiger partial charge in [-0.1, -0.05) is 0 Å². The monoisotopic (exact) mass is 203 g/mol. The van der Waals surface area contributed by atoms with Crippen LogP contribution < -0.4 is 14.6 Å². The lowest BCUT2D eigenvalue weighted by Gasteiger charge is -2.21. The molecule has 1 aliphatic rings. The standard InChI is InChI=1S/C11H13N3O/c1-9-4-2-6-13-8-10(15)14(11(9)13)7-3-5-12/h2,4,6,10H,3,7-8H2,1H3. The number of aromatic nitrogens is 1. The largest absolute Gasteiger partial charge is 0.815 e. The van der Waals surface area contributed by atoms with Gasteiger partial charge in [0.2, 0.25) is 0 Å². The first-order valence-electron chi connectivity index (χ1n) is 5.02. The molecule has 0 radical (unpaired) electrons. The molecule has 0 aliphatic carbocycles. The molecule has 0 saturated heterocycles. The predicted octanol–water partition coefficient (Wildman–Crippen LogP) is -0.297. The number of rotatable bonds is 2. The Labute approximate surface area is 89.0 Å². The topological polar surface area (TPSA) is 54.0 Å². The van der Waals surface area contributed by atoms with Gasteiger partial charge >= 0.3 is 0 Å². The number of fused-ring (bicyclic) bond motifs is 1. The maximum absolute atomic E-state index is 11.8. The van der Waals surface area contributed by atoms with Crippen molar-refractivity contribution in [1.29, 1.82) is 5.26 Å². The van der Waals surface area contributed by atoms with Gasteiger partial charge in [0.1, 0.15) is 6.54 Å². The van der Waals surface area contributed by atoms with E-state index in [4.69, 9.17) is 5.26 Å². The van der Waals surface area contributed by atoms with Crippen molar-refractivity contribution in [1.82, 2.24) is 0 Å². The number of aryl methyl sites for hydroxylation is 1. The first-order chi connectivity index (χ1) is 7.24. The molecule has 4 nitrogen and oxygen atoms in total. The highest BCUT2D eigenvalue weighted by Gasteiger charge is 2.31. The van der Waals surface area contributed by atoms with Gasteiger partial charge in [-0.05, 0) is 19.1 Å². The zero-order valence-electron chi connectivity index (χ0n) is 8.68. The molecular formula is C11H13N3O. The molecule has 2 heterocycles. The van der Waals surface area contributed by atoms with Crippen LogP contribution in [0.15, 0.2) is 18.3 Å². The number of hydrogen-bond acceptors (Lipinski definition) is 3. The second-order valence-electron chi connectivity index (χ2n) is 3.72. The maximum atomic E-state index is 11.8. The first-order valence-corrected chi connectivity index (χ1v) is 5.02. The fraction of sp³-hybridized carbons (Fsp3) is 0.455. The van der Waals surface area contributed by atoms with Gasteiger partial charge < -0.3 is 5.11 Å². The molecule has 78 valence electrons. The molecule has 0 spiro atoms. The van der Waals surface area contributed by atoms with Gasteiger partial charge in [-0.15, -0.1) is 0 Å². The Morgan fingerprint density at radius 3 is 3.27 bits per heavy atom. The molecule has 1 aromatic rings. The zero-order chi connectivity index (χ0) is 10.8. The summed E-state index contributed by atoms with van der Waals surface area (Å²) in [6, 6.07) is 6.01. The molecule has 15 heavy (non-hydrogen) atoms. The molecule has 1 aliphatic heterocycles. The minimum atomic E-state index is -0.751. The summed E-state index contributed by atoms with van der Waals surface area (Å²) in [5.41, 5.74) is 1.09. The zero-order valence-corrected chi connectivity index (χ0v) is 8.68. The fourth-order valence-electron chi connectivity index (χ4n) is 2.03. The number of pyridine rings is 1. The summed E-state index contributed by atoms with van der Waals surface area (Å²) in [5.74, 6) is 0.966. The summed E-state index contributed by atoms with van der Waals surface area (Å²) in [7, 11) is 0. The van der Waals surface area contributed by atoms with Gasteiger partial charge in [-0.25, -0.2) is 4.57 Å². The van der Waals surface area contributed by atoms with E-state index in [1.54, 1.807) is 4.90 Å². The van der Waals surface area contributed by atoms with Crippen molar-refractivity contribution in [2.45, 2.75) is 26.1 Å². The average molecular weight is 203 g/mol. The van der Waals surface area contributed by atoms with E-state index in [1.807, 2.05) is 29.8 Å². The third kappa shape index (κ3) is 1.66. The van der Waals surface area contributed by atoms with E-state index >= 15 is 0 Å². The first kappa shape index (κ1) is 9.94. The minimum Gasteiger partial charge on any atom is -0.815 e. The normalized spacial score (nSPS) is 18.7. The van der Waals surface area contributed by atoms with Gasteiger partial charge in [0.15, 0.2) is 0 Å². The van der Waals surface area contributed by atoms with Crippen LogP contribution in [0.1, 0.15) is 12.0 Å². The number of nitriles is 1. The second-order valence-corrected chi connectivity index (χ2v) is 3.72. The summed E-state index contributed by atoms with van der Waals surface area (Å²) < 4.78 is 1.96. The van der Waals surface area contributed by atoms with E-state index in [1.165, 1.54) is 0 Å². The van der Waals surface area contributed by atoms with Crippen LogP contribution in [-0.2, 0) is 6.54 Å². The van der Waals surface area contributed by atoms with Crippen LogP contribution in [0.2, 0.25) is 0 Å². The summed E-state index contributed by atoms with van der Waals surface area (Å²) in [6.07, 6.45) is 1.56. The van der Waals surface area contributed by atoms with E-state index in [9.17, 15) is 5.11 Å². The van der Waals surface area contributed by atoms with Gasteiger partial charge in [0.05, 0.1) is 31.5 Å². The van der Waals surface area contributed by atoms with Crippen molar-refractivity contribution in [2.75, 3.05) is 11.4 Å². The Balaban J connectivity index is 2.32. The number of hydrogen-bond donors (Lipinski definition) is 0. The van der Waals surface area contributed by atoms with E-state index in [2.05, 4.69) is 6.07 Å². The molecule has 2 rings (SSSR count). The fourth-order valence-corrected chi connectivity index (χ4v) is 2.03. The van der Waals surface area contributed by atoms with E-state index in [0.29, 0.717) is 19.5 Å². The average Bonchev–Trinajstić information content (AvgIpc) is 2.53. The van der Waals surface area contributed by atoms with Gasteiger partial charge in [-0.3, -0.25) is 4.90 Å². The molecule has 4 heteroatoms. The molecule has 0 fully saturated rings. The Morgan fingerprint density at radius 2 is 2.53 bits per heavy atom. The molecule has 1 unspecified atom stereocenters. The highest BCUT2D eigenvalue weighted by molar-refractivity contribution is 5.43. The van der Waals surface area contributed by atoms with Crippen molar-refractivity contribution in [3.63, 3.8) is 0 Å². The van der Waals surface area contributed by atoms with E-state index < -0.39 is 6.23 Å². The molecule has 0 aromatic carbocycles. The maximum Gasteiger partial charge on any atom is 0.278 e. The predicted molar refractivity (Wildman–Crippen MR) is 52.7 cm³/mol. The Kier molecular flexibility index (Phi) is 2.57. The molecule has 0 saturated carbocycles. The van der Waals surface area contributed by atoms with Crippen LogP contribution in [0, 0.1) is 18.3 Å². The van der Waals surface area contributed by atoms with Crippen molar-refractivity contribution < 1.29 is 9.67 Å². The van der Waals surface area contributed by atoms with Crippen molar-refractivity contribution in [3.8, 4) is 6.07 Å². The van der Waals surface area contributed by atoms with Gasteiger partial charge in [0, 0.05) is 5.56 Å². The minimum absolute atomic E-state index is 0.396.